The van der Waals surface area contributed by atoms with Crippen molar-refractivity contribution in [3.05, 3.63) is 42.2 Å². The van der Waals surface area contributed by atoms with Crippen molar-refractivity contribution in [3.8, 4) is 5.69 Å². The van der Waals surface area contributed by atoms with Gasteiger partial charge in [-0.1, -0.05) is 6.92 Å². The molecule has 1 aliphatic rings. The molecule has 1 heterocycles. The summed E-state index contributed by atoms with van der Waals surface area (Å²) in [6, 6.07) is 9.11. The van der Waals surface area contributed by atoms with Gasteiger partial charge in [0.05, 0.1) is 5.69 Å². The largest absolute Gasteiger partial charge is 0.399 e. The highest BCUT2D eigenvalue weighted by Crippen LogP contribution is 2.36. The number of hydrogen-bond acceptors (Lipinski definition) is 3. The smallest absolute Gasteiger partial charge is 0.271 e. The second kappa shape index (κ2) is 5.60. The number of aromatic nitrogens is 2. The number of anilines is 1. The van der Waals surface area contributed by atoms with Gasteiger partial charge >= 0.3 is 0 Å². The Morgan fingerprint density at radius 3 is 2.76 bits per heavy atom. The summed E-state index contributed by atoms with van der Waals surface area (Å²) >= 11 is 0. The molecule has 1 fully saturated rings. The Morgan fingerprint density at radius 1 is 1.38 bits per heavy atom. The van der Waals surface area contributed by atoms with Crippen LogP contribution in [0.4, 0.5) is 5.69 Å². The zero-order chi connectivity index (χ0) is 14.8. The fourth-order valence-electron chi connectivity index (χ4n) is 2.39. The molecule has 0 spiro atoms. The van der Waals surface area contributed by atoms with E-state index in [-0.39, 0.29) is 5.91 Å². The molecule has 21 heavy (non-hydrogen) atoms. The van der Waals surface area contributed by atoms with E-state index in [0.717, 1.165) is 18.2 Å². The minimum absolute atomic E-state index is 0.114. The maximum atomic E-state index is 12.1. The minimum Gasteiger partial charge on any atom is -0.399 e. The number of nitrogen functional groups attached to an aromatic ring is 1. The summed E-state index contributed by atoms with van der Waals surface area (Å²) in [4.78, 5) is 12.1. The molecule has 0 radical (unpaired) electrons. The van der Waals surface area contributed by atoms with Gasteiger partial charge in [0.15, 0.2) is 5.69 Å². The maximum Gasteiger partial charge on any atom is 0.271 e. The second-order valence-corrected chi connectivity index (χ2v) is 5.76. The van der Waals surface area contributed by atoms with Gasteiger partial charge in [-0.2, -0.15) is 5.10 Å². The van der Waals surface area contributed by atoms with E-state index in [0.29, 0.717) is 17.3 Å². The van der Waals surface area contributed by atoms with Crippen molar-refractivity contribution in [2.75, 3.05) is 12.3 Å². The summed E-state index contributed by atoms with van der Waals surface area (Å²) < 4.78 is 1.68. The van der Waals surface area contributed by atoms with Gasteiger partial charge in [-0.3, -0.25) is 4.79 Å². The number of nitrogens with one attached hydrogen (secondary N) is 1. The number of nitrogens with zero attached hydrogens (tertiary/aromatic N) is 2. The van der Waals surface area contributed by atoms with Crippen LogP contribution in [0.25, 0.3) is 5.69 Å². The van der Waals surface area contributed by atoms with Crippen LogP contribution >= 0.6 is 0 Å². The number of hydrogen-bond donors (Lipinski definition) is 2. The molecule has 5 nitrogen and oxygen atoms in total. The highest BCUT2D eigenvalue weighted by atomic mass is 16.1. The van der Waals surface area contributed by atoms with Crippen molar-refractivity contribution in [3.63, 3.8) is 0 Å². The molecule has 0 aliphatic heterocycles. The first-order valence-corrected chi connectivity index (χ1v) is 7.33. The first kappa shape index (κ1) is 13.7. The van der Waals surface area contributed by atoms with E-state index in [9.17, 15) is 4.79 Å². The van der Waals surface area contributed by atoms with E-state index >= 15 is 0 Å². The Hall–Kier alpha value is -2.30. The predicted molar refractivity (Wildman–Crippen MR) is 82.2 cm³/mol. The number of carbonyl (C=O) groups is 1. The molecule has 110 valence electrons. The molecular formula is C16H20N4O. The van der Waals surface area contributed by atoms with Gasteiger partial charge in [-0.25, -0.2) is 4.68 Å². The fourth-order valence-corrected chi connectivity index (χ4v) is 2.39. The van der Waals surface area contributed by atoms with Crippen molar-refractivity contribution in [2.24, 2.45) is 11.8 Å². The Balaban J connectivity index is 1.63. The van der Waals surface area contributed by atoms with Crippen molar-refractivity contribution < 1.29 is 4.79 Å². The average Bonchev–Trinajstić information content (AvgIpc) is 3.23. The molecule has 2 aromatic rings. The minimum atomic E-state index is -0.114. The van der Waals surface area contributed by atoms with Crippen LogP contribution in [-0.2, 0) is 0 Å². The molecule has 1 aromatic heterocycles. The first-order valence-electron chi connectivity index (χ1n) is 7.33. The van der Waals surface area contributed by atoms with Crippen LogP contribution in [-0.4, -0.2) is 22.2 Å². The lowest BCUT2D eigenvalue weighted by molar-refractivity contribution is 0.0941. The van der Waals surface area contributed by atoms with E-state index in [1.165, 1.54) is 12.8 Å². The van der Waals surface area contributed by atoms with Crippen molar-refractivity contribution in [2.45, 2.75) is 19.8 Å². The third kappa shape index (κ3) is 3.24. The van der Waals surface area contributed by atoms with E-state index in [4.69, 9.17) is 5.73 Å². The molecule has 1 unspecified atom stereocenters. The molecule has 1 aliphatic carbocycles. The van der Waals surface area contributed by atoms with E-state index in [1.807, 2.05) is 24.3 Å². The summed E-state index contributed by atoms with van der Waals surface area (Å²) in [5.74, 6) is 1.22. The van der Waals surface area contributed by atoms with Gasteiger partial charge in [0.2, 0.25) is 0 Å². The lowest BCUT2D eigenvalue weighted by atomic mass is 10.1. The summed E-state index contributed by atoms with van der Waals surface area (Å²) in [6.45, 7) is 2.91. The molecule has 1 atom stereocenters. The summed E-state index contributed by atoms with van der Waals surface area (Å²) in [6.07, 6.45) is 4.37. The summed E-state index contributed by atoms with van der Waals surface area (Å²) in [5.41, 5.74) is 7.69. The van der Waals surface area contributed by atoms with Gasteiger partial charge in [-0.05, 0) is 55.0 Å². The normalized spacial score (nSPS) is 15.7. The zero-order valence-electron chi connectivity index (χ0n) is 12.1. The molecule has 3 rings (SSSR count). The van der Waals surface area contributed by atoms with Gasteiger partial charge in [-0.15, -0.1) is 0 Å². The molecule has 0 saturated heterocycles. The van der Waals surface area contributed by atoms with E-state index in [2.05, 4.69) is 17.3 Å². The Morgan fingerprint density at radius 2 is 2.10 bits per heavy atom. The third-order valence-corrected chi connectivity index (χ3v) is 3.99. The molecule has 3 N–H and O–H groups in total. The van der Waals surface area contributed by atoms with Crippen LogP contribution < -0.4 is 11.1 Å². The van der Waals surface area contributed by atoms with E-state index < -0.39 is 0 Å². The predicted octanol–water partition coefficient (Wildman–Crippen LogP) is 2.23. The zero-order valence-corrected chi connectivity index (χ0v) is 12.1. The Labute approximate surface area is 124 Å². The maximum absolute atomic E-state index is 12.1. The average molecular weight is 284 g/mol. The highest BCUT2D eigenvalue weighted by molar-refractivity contribution is 5.92. The van der Waals surface area contributed by atoms with Crippen LogP contribution in [0.2, 0.25) is 0 Å². The fraction of sp³-hybridized carbons (Fsp3) is 0.375. The van der Waals surface area contributed by atoms with Gasteiger partial charge in [0.1, 0.15) is 0 Å². The van der Waals surface area contributed by atoms with Crippen molar-refractivity contribution in [1.29, 1.82) is 0 Å². The van der Waals surface area contributed by atoms with Crippen molar-refractivity contribution >= 4 is 11.6 Å². The van der Waals surface area contributed by atoms with Crippen LogP contribution in [0, 0.1) is 11.8 Å². The van der Waals surface area contributed by atoms with Gasteiger partial charge in [0, 0.05) is 18.4 Å². The number of amides is 1. The summed E-state index contributed by atoms with van der Waals surface area (Å²) in [7, 11) is 0. The monoisotopic (exact) mass is 284 g/mol. The SMILES string of the molecule is CC(CNC(=O)c1ccn(-c2ccc(N)cc2)n1)C1CC1. The van der Waals surface area contributed by atoms with Crippen LogP contribution in [0.1, 0.15) is 30.3 Å². The number of rotatable bonds is 5. The molecule has 1 aromatic carbocycles. The molecule has 1 saturated carbocycles. The number of benzene rings is 1. The Bertz CT molecular complexity index is 628. The van der Waals surface area contributed by atoms with Gasteiger partial charge in [0.25, 0.3) is 5.91 Å². The number of carbonyl (C=O) groups excluding carboxylic acids is 1. The topological polar surface area (TPSA) is 72.9 Å². The molecule has 0 bridgehead atoms. The lowest BCUT2D eigenvalue weighted by Gasteiger charge is -2.10. The summed E-state index contributed by atoms with van der Waals surface area (Å²) in [5, 5.41) is 7.27. The first-order chi connectivity index (χ1) is 10.1. The third-order valence-electron chi connectivity index (χ3n) is 3.99. The molecule has 5 heteroatoms. The molecule has 1 amide bonds. The van der Waals surface area contributed by atoms with Gasteiger partial charge < -0.3 is 11.1 Å². The Kier molecular flexibility index (Phi) is 3.64. The lowest BCUT2D eigenvalue weighted by Crippen LogP contribution is -2.29. The molecular weight excluding hydrogens is 264 g/mol. The second-order valence-electron chi connectivity index (χ2n) is 5.76. The van der Waals surface area contributed by atoms with Crippen LogP contribution in [0.15, 0.2) is 36.5 Å². The van der Waals surface area contributed by atoms with Crippen molar-refractivity contribution in [1.82, 2.24) is 15.1 Å². The van der Waals surface area contributed by atoms with Crippen LogP contribution in [0.3, 0.4) is 0 Å². The standard InChI is InChI=1S/C16H20N4O/c1-11(12-2-3-12)10-18-16(21)15-8-9-20(19-15)14-6-4-13(17)5-7-14/h4-9,11-12H,2-3,10,17H2,1H3,(H,18,21). The van der Waals surface area contributed by atoms with E-state index in [1.54, 1.807) is 16.9 Å². The highest BCUT2D eigenvalue weighted by Gasteiger charge is 2.28. The number of nitrogens with two attached hydrogens (primary N) is 1. The van der Waals surface area contributed by atoms with Crippen LogP contribution in [0.5, 0.6) is 0 Å². The quantitative estimate of drug-likeness (QED) is 0.827.